The molecule has 0 aliphatic heterocycles. The molecule has 0 fully saturated rings. The minimum absolute atomic E-state index is 0. The number of unbranched alkanes of at least 4 members (excludes halogenated alkanes) is 11. The third-order valence-corrected chi connectivity index (χ3v) is 5.26. The summed E-state index contributed by atoms with van der Waals surface area (Å²) in [6.45, 7) is 2.76. The number of hydrogen-bond acceptors (Lipinski definition) is 3. The molecule has 0 atom stereocenters. The standard InChI is InChI=1S/C25H37N2O2.2HI/c1-2-3-4-5-6-7-8-9-10-11-12-13-21-29-25(28)27-19-16-23(17-20-27)24-15-14-18-26-22-24;;/h14-20,22H,2-13,21H2,1H3;2*1H/q+1;;/p-1. The first kappa shape index (κ1) is 30.2. The first-order chi connectivity index (χ1) is 14.3. The highest BCUT2D eigenvalue weighted by atomic mass is 127. The molecule has 31 heavy (non-hydrogen) atoms. The fourth-order valence-electron chi connectivity index (χ4n) is 3.45. The van der Waals surface area contributed by atoms with E-state index in [1.165, 1.54) is 68.8 Å². The lowest BCUT2D eigenvalue weighted by atomic mass is 10.1. The number of aromatic nitrogens is 2. The number of carbonyl (C=O) groups excluding carboxylic acids is 1. The second-order valence-electron chi connectivity index (χ2n) is 7.74. The number of rotatable bonds is 14. The molecule has 0 amide bonds. The fraction of sp³-hybridized carbons (Fsp3) is 0.560. The topological polar surface area (TPSA) is 43.1 Å². The molecule has 0 radical (unpaired) electrons. The molecule has 2 aromatic rings. The van der Waals surface area contributed by atoms with Crippen LogP contribution in [0.25, 0.3) is 11.1 Å². The Bertz CT molecular complexity index is 682. The molecular weight excluding hydrogens is 614 g/mol. The van der Waals surface area contributed by atoms with Gasteiger partial charge in [0.15, 0.2) is 12.4 Å². The van der Waals surface area contributed by atoms with Crippen molar-refractivity contribution in [3.8, 4) is 11.1 Å². The van der Waals surface area contributed by atoms with Gasteiger partial charge in [0.25, 0.3) is 0 Å². The van der Waals surface area contributed by atoms with Crippen molar-refractivity contribution in [2.45, 2.75) is 84.0 Å². The van der Waals surface area contributed by atoms with E-state index in [0.29, 0.717) is 6.61 Å². The summed E-state index contributed by atoms with van der Waals surface area (Å²) < 4.78 is 6.86. The maximum absolute atomic E-state index is 12.1. The predicted octanol–water partition coefficient (Wildman–Crippen LogP) is 4.34. The maximum atomic E-state index is 12.1. The molecule has 0 saturated heterocycles. The summed E-state index contributed by atoms with van der Waals surface area (Å²) in [6.07, 6.45) is 22.4. The van der Waals surface area contributed by atoms with Crippen molar-refractivity contribution in [1.82, 2.24) is 4.98 Å². The minimum atomic E-state index is -0.314. The van der Waals surface area contributed by atoms with Crippen molar-refractivity contribution in [2.75, 3.05) is 6.61 Å². The number of pyridine rings is 2. The van der Waals surface area contributed by atoms with Crippen molar-refractivity contribution in [3.05, 3.63) is 49.1 Å². The normalized spacial score (nSPS) is 10.1. The van der Waals surface area contributed by atoms with Gasteiger partial charge in [0, 0.05) is 30.1 Å². The summed E-state index contributed by atoms with van der Waals surface area (Å²) in [5, 5.41) is 0. The van der Waals surface area contributed by atoms with Gasteiger partial charge in [0.05, 0.1) is 6.61 Å². The molecule has 0 unspecified atom stereocenters. The molecule has 174 valence electrons. The molecule has 0 N–H and O–H groups in total. The van der Waals surface area contributed by atoms with Crippen LogP contribution in [0.1, 0.15) is 84.0 Å². The Hall–Kier alpha value is -0.770. The van der Waals surface area contributed by atoms with Gasteiger partial charge in [-0.25, -0.2) is 0 Å². The van der Waals surface area contributed by atoms with E-state index in [1.54, 1.807) is 18.6 Å². The number of hydrogen-bond donors (Lipinski definition) is 0. The van der Waals surface area contributed by atoms with Gasteiger partial charge < -0.3 is 28.7 Å². The second-order valence-corrected chi connectivity index (χ2v) is 7.74. The summed E-state index contributed by atoms with van der Waals surface area (Å²) in [5.74, 6) is 0. The minimum Gasteiger partial charge on any atom is -1.00 e. The van der Waals surface area contributed by atoms with Crippen molar-refractivity contribution < 1.29 is 38.1 Å². The average molecular weight is 652 g/mol. The second kappa shape index (κ2) is 19.9. The molecule has 0 bridgehead atoms. The van der Waals surface area contributed by atoms with Gasteiger partial charge in [-0.1, -0.05) is 88.2 Å². The third-order valence-electron chi connectivity index (χ3n) is 5.26. The molecule has 2 aromatic heterocycles. The Morgan fingerprint density at radius 2 is 1.39 bits per heavy atom. The summed E-state index contributed by atoms with van der Waals surface area (Å²) in [4.78, 5) is 16.2. The third kappa shape index (κ3) is 13.4. The highest BCUT2D eigenvalue weighted by Gasteiger charge is 2.15. The smallest absolute Gasteiger partial charge is 0.601 e. The molecule has 0 spiro atoms. The van der Waals surface area contributed by atoms with Crippen LogP contribution in [0.4, 0.5) is 4.79 Å². The molecule has 4 nitrogen and oxygen atoms in total. The Balaban J connectivity index is 0.00000450. The van der Waals surface area contributed by atoms with Crippen LogP contribution in [-0.2, 0) is 4.74 Å². The number of halogens is 2. The van der Waals surface area contributed by atoms with Crippen LogP contribution in [-0.4, -0.2) is 17.7 Å². The molecule has 0 aliphatic carbocycles. The van der Waals surface area contributed by atoms with Gasteiger partial charge >= 0.3 is 6.09 Å². The molecule has 2 rings (SSSR count). The van der Waals surface area contributed by atoms with Gasteiger partial charge in [-0.05, 0) is 18.1 Å². The summed E-state index contributed by atoms with van der Waals surface area (Å²) in [6, 6.07) is 7.71. The first-order valence-corrected chi connectivity index (χ1v) is 11.4. The van der Waals surface area contributed by atoms with Crippen molar-refractivity contribution in [2.24, 2.45) is 0 Å². The van der Waals surface area contributed by atoms with E-state index in [1.807, 2.05) is 30.5 Å². The van der Waals surface area contributed by atoms with Crippen LogP contribution in [0.3, 0.4) is 0 Å². The van der Waals surface area contributed by atoms with Crippen LogP contribution in [0.2, 0.25) is 0 Å². The van der Waals surface area contributed by atoms with E-state index in [2.05, 4.69) is 11.9 Å². The zero-order valence-corrected chi connectivity index (χ0v) is 23.3. The van der Waals surface area contributed by atoms with E-state index < -0.39 is 0 Å². The van der Waals surface area contributed by atoms with Gasteiger partial charge in [0.1, 0.15) is 0 Å². The quantitative estimate of drug-likeness (QED) is 0.173. The Kier molecular flexibility index (Phi) is 19.4. The zero-order chi connectivity index (χ0) is 20.6. The van der Waals surface area contributed by atoms with Crippen LogP contribution in [0.15, 0.2) is 49.1 Å². The molecule has 0 aromatic carbocycles. The Morgan fingerprint density at radius 1 is 0.839 bits per heavy atom. The Labute approximate surface area is 222 Å². The monoisotopic (exact) mass is 652 g/mol. The van der Waals surface area contributed by atoms with Crippen molar-refractivity contribution in [1.29, 1.82) is 0 Å². The molecular formula is C25H38I2N2O2. The van der Waals surface area contributed by atoms with Crippen LogP contribution in [0, 0.1) is 0 Å². The number of ether oxygens (including phenoxy) is 1. The molecule has 0 saturated carbocycles. The summed E-state index contributed by atoms with van der Waals surface area (Å²) in [7, 11) is 0. The molecule has 0 aliphatic rings. The highest BCUT2D eigenvalue weighted by Crippen LogP contribution is 2.15. The SMILES string of the molecule is CCCCCCCCCCCCCCOC(=O)[n+]1ccc(-c2cccnc2)cc1.I.[I-]. The van der Waals surface area contributed by atoms with E-state index >= 15 is 0 Å². The summed E-state index contributed by atoms with van der Waals surface area (Å²) >= 11 is 0. The predicted molar refractivity (Wildman–Crippen MR) is 133 cm³/mol. The van der Waals surface area contributed by atoms with Crippen LogP contribution < -0.4 is 28.5 Å². The van der Waals surface area contributed by atoms with E-state index in [4.69, 9.17) is 4.74 Å². The lowest BCUT2D eigenvalue weighted by Crippen LogP contribution is -3.00. The van der Waals surface area contributed by atoms with Crippen LogP contribution >= 0.6 is 24.0 Å². The lowest BCUT2D eigenvalue weighted by molar-refractivity contribution is -0.586. The van der Waals surface area contributed by atoms with Gasteiger partial charge in [-0.3, -0.25) is 4.98 Å². The molecule has 2 heterocycles. The van der Waals surface area contributed by atoms with Crippen molar-refractivity contribution >= 4 is 30.1 Å². The number of nitrogens with zero attached hydrogens (tertiary/aromatic N) is 2. The fourth-order valence-corrected chi connectivity index (χ4v) is 3.45. The van der Waals surface area contributed by atoms with Crippen molar-refractivity contribution in [3.63, 3.8) is 0 Å². The number of carbonyl (C=O) groups is 1. The maximum Gasteiger partial charge on any atom is 0.601 e. The van der Waals surface area contributed by atoms with Gasteiger partial charge in [-0.2, -0.15) is 4.79 Å². The van der Waals surface area contributed by atoms with Gasteiger partial charge in [0.2, 0.25) is 0 Å². The first-order valence-electron chi connectivity index (χ1n) is 11.4. The van der Waals surface area contributed by atoms with Gasteiger partial charge in [-0.15, -0.1) is 24.0 Å². The zero-order valence-electron chi connectivity index (χ0n) is 18.8. The molecule has 6 heteroatoms. The highest BCUT2D eigenvalue weighted by molar-refractivity contribution is 14.0. The van der Waals surface area contributed by atoms with E-state index in [-0.39, 0.29) is 54.0 Å². The average Bonchev–Trinajstić information content (AvgIpc) is 2.77. The largest absolute Gasteiger partial charge is 1.00 e. The van der Waals surface area contributed by atoms with E-state index in [9.17, 15) is 4.79 Å². The van der Waals surface area contributed by atoms with Crippen LogP contribution in [0.5, 0.6) is 0 Å². The lowest BCUT2D eigenvalue weighted by Gasteiger charge is -2.03. The van der Waals surface area contributed by atoms with E-state index in [0.717, 1.165) is 24.0 Å². The Morgan fingerprint density at radius 3 is 1.90 bits per heavy atom. The summed E-state index contributed by atoms with van der Waals surface area (Å²) in [5.41, 5.74) is 2.06.